The van der Waals surface area contributed by atoms with Crippen LogP contribution in [0.5, 0.6) is 0 Å². The van der Waals surface area contributed by atoms with Crippen LogP contribution in [0.25, 0.3) is 0 Å². The number of rotatable bonds is 4. The van der Waals surface area contributed by atoms with Crippen LogP contribution in [0.15, 0.2) is 30.3 Å². The van der Waals surface area contributed by atoms with E-state index in [1.54, 1.807) is 20.8 Å². The summed E-state index contributed by atoms with van der Waals surface area (Å²) in [6.45, 7) is 4.99. The first-order valence-corrected chi connectivity index (χ1v) is 8.93. The van der Waals surface area contributed by atoms with Crippen LogP contribution in [0.2, 0.25) is 0 Å². The van der Waals surface area contributed by atoms with Gasteiger partial charge in [-0.2, -0.15) is 0 Å². The fourth-order valence-corrected chi connectivity index (χ4v) is 3.76. The fourth-order valence-electron chi connectivity index (χ4n) is 2.74. The first-order valence-electron chi connectivity index (χ1n) is 7.45. The molecule has 5 heteroatoms. The lowest BCUT2D eigenvalue weighted by atomic mass is 9.88. The predicted octanol–water partition coefficient (Wildman–Crippen LogP) is 2.75. The lowest BCUT2D eigenvalue weighted by Crippen LogP contribution is -2.49. The quantitative estimate of drug-likeness (QED) is 0.898. The minimum absolute atomic E-state index is 0.592. The average molecular weight is 311 g/mol. The van der Waals surface area contributed by atoms with E-state index in [9.17, 15) is 13.5 Å². The molecule has 0 unspecified atom stereocenters. The van der Waals surface area contributed by atoms with Crippen LogP contribution in [0.1, 0.15) is 58.1 Å². The molecule has 0 spiro atoms. The Bertz CT molecular complexity index is 569. The number of hydrogen-bond donors (Lipinski definition) is 2. The van der Waals surface area contributed by atoms with Gasteiger partial charge < -0.3 is 5.11 Å². The molecule has 0 aliphatic heterocycles. The van der Waals surface area contributed by atoms with Crippen LogP contribution in [0.3, 0.4) is 0 Å². The number of nitrogens with one attached hydrogen (secondary N) is 1. The zero-order chi connectivity index (χ0) is 15.7. The van der Waals surface area contributed by atoms with E-state index in [1.807, 2.05) is 30.3 Å². The van der Waals surface area contributed by atoms with E-state index in [4.69, 9.17) is 0 Å². The molecule has 4 nitrogen and oxygen atoms in total. The topological polar surface area (TPSA) is 66.4 Å². The van der Waals surface area contributed by atoms with E-state index in [0.29, 0.717) is 12.8 Å². The molecule has 1 aliphatic carbocycles. The molecule has 118 valence electrons. The summed E-state index contributed by atoms with van der Waals surface area (Å²) in [6, 6.07) is 8.76. The Labute approximate surface area is 127 Å². The Hall–Kier alpha value is -0.910. The van der Waals surface area contributed by atoms with Gasteiger partial charge in [-0.25, -0.2) is 13.1 Å². The number of aliphatic hydroxyl groups is 1. The van der Waals surface area contributed by atoms with Gasteiger partial charge in [0.2, 0.25) is 10.0 Å². The third-order valence-electron chi connectivity index (χ3n) is 4.22. The minimum atomic E-state index is -3.53. The number of sulfonamides is 1. The molecule has 1 aromatic carbocycles. The van der Waals surface area contributed by atoms with Crippen molar-refractivity contribution < 1.29 is 13.5 Å². The fraction of sp³-hybridized carbons (Fsp3) is 0.625. The van der Waals surface area contributed by atoms with Gasteiger partial charge in [0, 0.05) is 0 Å². The van der Waals surface area contributed by atoms with Crippen LogP contribution in [-0.2, 0) is 10.0 Å². The molecule has 0 radical (unpaired) electrons. The van der Waals surface area contributed by atoms with Crippen molar-refractivity contribution in [3.63, 3.8) is 0 Å². The first kappa shape index (κ1) is 16.5. The zero-order valence-corrected chi connectivity index (χ0v) is 13.8. The van der Waals surface area contributed by atoms with Gasteiger partial charge in [-0.1, -0.05) is 43.2 Å². The average Bonchev–Trinajstić information content (AvgIpc) is 2.84. The molecule has 1 aromatic rings. The van der Waals surface area contributed by atoms with Gasteiger partial charge in [0.25, 0.3) is 0 Å². The highest BCUT2D eigenvalue weighted by molar-refractivity contribution is 7.90. The summed E-state index contributed by atoms with van der Waals surface area (Å²) in [5.74, 6) is 0. The van der Waals surface area contributed by atoms with Crippen molar-refractivity contribution in [2.75, 3.05) is 0 Å². The van der Waals surface area contributed by atoms with Crippen LogP contribution in [0.4, 0.5) is 0 Å². The van der Waals surface area contributed by atoms with E-state index in [0.717, 1.165) is 18.4 Å². The van der Waals surface area contributed by atoms with Crippen molar-refractivity contribution in [2.45, 2.75) is 62.8 Å². The third kappa shape index (κ3) is 3.47. The summed E-state index contributed by atoms with van der Waals surface area (Å²) in [7, 11) is -3.53. The molecule has 0 heterocycles. The van der Waals surface area contributed by atoms with Gasteiger partial charge in [0.15, 0.2) is 0 Å². The summed E-state index contributed by atoms with van der Waals surface area (Å²) < 4.78 is 26.9. The smallest absolute Gasteiger partial charge is 0.217 e. The molecule has 0 saturated heterocycles. The van der Waals surface area contributed by atoms with Crippen LogP contribution in [0, 0.1) is 0 Å². The highest BCUT2D eigenvalue weighted by atomic mass is 32.2. The van der Waals surface area contributed by atoms with Crippen molar-refractivity contribution in [1.29, 1.82) is 0 Å². The molecular weight excluding hydrogens is 286 g/mol. The zero-order valence-electron chi connectivity index (χ0n) is 13.0. The van der Waals surface area contributed by atoms with Gasteiger partial charge in [0.1, 0.15) is 0 Å². The van der Waals surface area contributed by atoms with E-state index in [2.05, 4.69) is 4.72 Å². The molecule has 2 N–H and O–H groups in total. The second-order valence-electron chi connectivity index (χ2n) is 6.89. The SMILES string of the molecule is CC(C)(C)S(=O)(=O)N[C@@H](c1ccccc1)C1(O)CCCC1. The Morgan fingerprint density at radius 2 is 1.67 bits per heavy atom. The summed E-state index contributed by atoms with van der Waals surface area (Å²) in [6.07, 6.45) is 3.10. The first-order chi connectivity index (χ1) is 9.66. The van der Waals surface area contributed by atoms with Crippen molar-refractivity contribution in [2.24, 2.45) is 0 Å². The third-order valence-corrected chi connectivity index (χ3v) is 6.38. The van der Waals surface area contributed by atoms with Crippen molar-refractivity contribution in [3.05, 3.63) is 35.9 Å². The molecule has 1 saturated carbocycles. The molecule has 0 aromatic heterocycles. The molecule has 21 heavy (non-hydrogen) atoms. The second kappa shape index (κ2) is 5.71. The lowest BCUT2D eigenvalue weighted by molar-refractivity contribution is 0.0144. The lowest BCUT2D eigenvalue weighted by Gasteiger charge is -2.35. The maximum atomic E-state index is 12.5. The minimum Gasteiger partial charge on any atom is -0.388 e. The van der Waals surface area contributed by atoms with E-state index in [-0.39, 0.29) is 0 Å². The van der Waals surface area contributed by atoms with E-state index < -0.39 is 26.4 Å². The molecule has 0 bridgehead atoms. The van der Waals surface area contributed by atoms with Gasteiger partial charge >= 0.3 is 0 Å². The molecule has 1 fully saturated rings. The monoisotopic (exact) mass is 311 g/mol. The molecular formula is C16H25NO3S. The molecule has 1 aliphatic rings. The normalized spacial score (nSPS) is 20.4. The number of hydrogen-bond acceptors (Lipinski definition) is 3. The Morgan fingerprint density at radius 3 is 2.14 bits per heavy atom. The van der Waals surface area contributed by atoms with Crippen molar-refractivity contribution in [1.82, 2.24) is 4.72 Å². The van der Waals surface area contributed by atoms with E-state index in [1.165, 1.54) is 0 Å². The van der Waals surface area contributed by atoms with Crippen molar-refractivity contribution in [3.8, 4) is 0 Å². The van der Waals surface area contributed by atoms with Crippen molar-refractivity contribution >= 4 is 10.0 Å². The summed E-state index contributed by atoms with van der Waals surface area (Å²) in [4.78, 5) is 0. The van der Waals surface area contributed by atoms with Crippen LogP contribution in [-0.4, -0.2) is 23.9 Å². The Kier molecular flexibility index (Phi) is 4.47. The largest absolute Gasteiger partial charge is 0.388 e. The Balaban J connectivity index is 2.39. The van der Waals surface area contributed by atoms with Gasteiger partial charge in [-0.05, 0) is 39.2 Å². The van der Waals surface area contributed by atoms with E-state index >= 15 is 0 Å². The maximum Gasteiger partial charge on any atom is 0.217 e. The van der Waals surface area contributed by atoms with Crippen LogP contribution < -0.4 is 4.72 Å². The van der Waals surface area contributed by atoms with Gasteiger partial charge in [-0.3, -0.25) is 0 Å². The maximum absolute atomic E-state index is 12.5. The predicted molar refractivity (Wildman–Crippen MR) is 84.4 cm³/mol. The van der Waals surface area contributed by atoms with Crippen LogP contribution >= 0.6 is 0 Å². The highest BCUT2D eigenvalue weighted by Gasteiger charge is 2.44. The standard InChI is InChI=1S/C16H25NO3S/c1-15(2,3)21(19,20)17-14(13-9-5-4-6-10-13)16(18)11-7-8-12-16/h4-6,9-10,14,17-18H,7-8,11-12H2,1-3H3/t14-/m0/s1. The highest BCUT2D eigenvalue weighted by Crippen LogP contribution is 2.40. The summed E-state index contributed by atoms with van der Waals surface area (Å²) in [5.41, 5.74) is -0.186. The molecule has 0 amide bonds. The number of benzene rings is 1. The summed E-state index contributed by atoms with van der Waals surface area (Å²) >= 11 is 0. The van der Waals surface area contributed by atoms with Gasteiger partial charge in [-0.15, -0.1) is 0 Å². The Morgan fingerprint density at radius 1 is 1.14 bits per heavy atom. The molecule has 1 atom stereocenters. The molecule has 2 rings (SSSR count). The summed E-state index contributed by atoms with van der Waals surface area (Å²) in [5, 5.41) is 10.9. The van der Waals surface area contributed by atoms with Gasteiger partial charge in [0.05, 0.1) is 16.4 Å². The second-order valence-corrected chi connectivity index (χ2v) is 9.36.